The van der Waals surface area contributed by atoms with E-state index >= 15 is 0 Å². The van der Waals surface area contributed by atoms with E-state index in [1.165, 1.54) is 13.2 Å². The van der Waals surface area contributed by atoms with Crippen LogP contribution >= 0.6 is 15.9 Å². The fraction of sp³-hybridized carbons (Fsp3) is 0.500. The molecule has 0 amide bonds. The monoisotopic (exact) mass is 351 g/mol. The van der Waals surface area contributed by atoms with Gasteiger partial charge in [-0.25, -0.2) is 13.1 Å². The average Bonchev–Trinajstić information content (AvgIpc) is 2.34. The van der Waals surface area contributed by atoms with Gasteiger partial charge in [0.2, 0.25) is 10.0 Å². The average molecular weight is 352 g/mol. The summed E-state index contributed by atoms with van der Waals surface area (Å²) >= 11 is 3.25. The maximum Gasteiger partial charge on any atom is 0.244 e. The van der Waals surface area contributed by atoms with E-state index in [2.05, 4.69) is 20.7 Å². The van der Waals surface area contributed by atoms with E-state index < -0.39 is 10.0 Å². The van der Waals surface area contributed by atoms with Gasteiger partial charge < -0.3 is 9.47 Å². The Bertz CT molecular complexity index is 516. The predicted octanol–water partition coefficient (Wildman–Crippen LogP) is 2.16. The minimum Gasteiger partial charge on any atom is -0.495 e. The molecule has 108 valence electrons. The highest BCUT2D eigenvalue weighted by molar-refractivity contribution is 9.10. The number of ether oxygens (including phenoxy) is 2. The molecule has 1 rings (SSSR count). The van der Waals surface area contributed by atoms with Crippen LogP contribution in [0.25, 0.3) is 0 Å². The summed E-state index contributed by atoms with van der Waals surface area (Å²) in [5.41, 5.74) is 0. The van der Waals surface area contributed by atoms with Gasteiger partial charge in [0.05, 0.1) is 19.8 Å². The molecule has 0 aliphatic rings. The van der Waals surface area contributed by atoms with Gasteiger partial charge in [0.15, 0.2) is 0 Å². The van der Waals surface area contributed by atoms with E-state index in [0.717, 1.165) is 0 Å². The first-order valence-corrected chi connectivity index (χ1v) is 8.09. The van der Waals surface area contributed by atoms with Crippen LogP contribution in [0.2, 0.25) is 0 Å². The molecule has 0 aromatic heterocycles. The van der Waals surface area contributed by atoms with Crippen LogP contribution in [0.5, 0.6) is 5.75 Å². The molecule has 0 spiro atoms. The number of rotatable bonds is 7. The second kappa shape index (κ2) is 7.23. The SMILES string of the molecule is COc1ccc(Br)cc1S(=O)(=O)NCCOC(C)C. The van der Waals surface area contributed by atoms with Crippen LogP contribution in [0.15, 0.2) is 27.6 Å². The van der Waals surface area contributed by atoms with E-state index in [4.69, 9.17) is 9.47 Å². The van der Waals surface area contributed by atoms with Crippen LogP contribution in [0, 0.1) is 0 Å². The highest BCUT2D eigenvalue weighted by Gasteiger charge is 2.19. The van der Waals surface area contributed by atoms with Crippen molar-refractivity contribution in [1.29, 1.82) is 0 Å². The lowest BCUT2D eigenvalue weighted by Crippen LogP contribution is -2.28. The number of halogens is 1. The Morgan fingerprint density at radius 1 is 1.37 bits per heavy atom. The van der Waals surface area contributed by atoms with Crippen molar-refractivity contribution in [1.82, 2.24) is 4.72 Å². The van der Waals surface area contributed by atoms with Gasteiger partial charge in [-0.05, 0) is 32.0 Å². The van der Waals surface area contributed by atoms with Crippen molar-refractivity contribution in [2.45, 2.75) is 24.8 Å². The summed E-state index contributed by atoms with van der Waals surface area (Å²) in [7, 11) is -2.17. The molecule has 0 aliphatic carbocycles. The summed E-state index contributed by atoms with van der Waals surface area (Å²) in [6, 6.07) is 4.83. The summed E-state index contributed by atoms with van der Waals surface area (Å²) in [5, 5.41) is 0. The maximum absolute atomic E-state index is 12.1. The fourth-order valence-electron chi connectivity index (χ4n) is 1.41. The minimum atomic E-state index is -3.61. The molecule has 1 aromatic rings. The van der Waals surface area contributed by atoms with E-state index in [1.807, 2.05) is 13.8 Å². The summed E-state index contributed by atoms with van der Waals surface area (Å²) in [6.07, 6.45) is 0.0740. The smallest absolute Gasteiger partial charge is 0.244 e. The summed E-state index contributed by atoms with van der Waals surface area (Å²) in [6.45, 7) is 4.33. The molecular formula is C12H18BrNO4S. The molecule has 0 bridgehead atoms. The fourth-order valence-corrected chi connectivity index (χ4v) is 3.13. The highest BCUT2D eigenvalue weighted by atomic mass is 79.9. The molecular weight excluding hydrogens is 334 g/mol. The largest absolute Gasteiger partial charge is 0.495 e. The third-order valence-electron chi connectivity index (χ3n) is 2.26. The van der Waals surface area contributed by atoms with Crippen LogP contribution in [-0.2, 0) is 14.8 Å². The molecule has 0 aliphatic heterocycles. The second-order valence-electron chi connectivity index (χ2n) is 4.11. The van der Waals surface area contributed by atoms with E-state index in [1.54, 1.807) is 12.1 Å². The van der Waals surface area contributed by atoms with Crippen LogP contribution in [0.4, 0.5) is 0 Å². The number of nitrogens with one attached hydrogen (secondary N) is 1. The molecule has 5 nitrogen and oxygen atoms in total. The van der Waals surface area contributed by atoms with Gasteiger partial charge in [-0.2, -0.15) is 0 Å². The molecule has 0 radical (unpaired) electrons. The lowest BCUT2D eigenvalue weighted by Gasteiger charge is -2.12. The van der Waals surface area contributed by atoms with Crippen molar-refractivity contribution in [3.8, 4) is 5.75 Å². The lowest BCUT2D eigenvalue weighted by molar-refractivity contribution is 0.0834. The number of hydrogen-bond acceptors (Lipinski definition) is 4. The molecule has 1 aromatic carbocycles. The highest BCUT2D eigenvalue weighted by Crippen LogP contribution is 2.26. The molecule has 0 atom stereocenters. The third kappa shape index (κ3) is 5.10. The molecule has 0 fully saturated rings. The topological polar surface area (TPSA) is 64.6 Å². The van der Waals surface area contributed by atoms with Crippen molar-refractivity contribution in [2.24, 2.45) is 0 Å². The zero-order chi connectivity index (χ0) is 14.5. The van der Waals surface area contributed by atoms with E-state index in [9.17, 15) is 8.42 Å². The van der Waals surface area contributed by atoms with Crippen molar-refractivity contribution in [3.63, 3.8) is 0 Å². The Labute approximate surface area is 122 Å². The molecule has 19 heavy (non-hydrogen) atoms. The number of methoxy groups -OCH3 is 1. The standard InChI is InChI=1S/C12H18BrNO4S/c1-9(2)18-7-6-14-19(15,16)12-8-10(13)4-5-11(12)17-3/h4-5,8-9,14H,6-7H2,1-3H3. The number of sulfonamides is 1. The van der Waals surface area contributed by atoms with E-state index in [-0.39, 0.29) is 17.5 Å². The van der Waals surface area contributed by atoms with Crippen molar-refractivity contribution in [2.75, 3.05) is 20.3 Å². The first kappa shape index (κ1) is 16.4. The molecule has 7 heteroatoms. The van der Waals surface area contributed by atoms with Crippen LogP contribution in [-0.4, -0.2) is 34.8 Å². The Morgan fingerprint density at radius 3 is 2.63 bits per heavy atom. The number of benzene rings is 1. The minimum absolute atomic E-state index is 0.0740. The lowest BCUT2D eigenvalue weighted by atomic mass is 10.3. The van der Waals surface area contributed by atoms with Gasteiger partial charge >= 0.3 is 0 Å². The predicted molar refractivity (Wildman–Crippen MR) is 77.0 cm³/mol. The van der Waals surface area contributed by atoms with Crippen LogP contribution in [0.3, 0.4) is 0 Å². The van der Waals surface area contributed by atoms with Gasteiger partial charge in [0.1, 0.15) is 10.6 Å². The zero-order valence-corrected chi connectivity index (χ0v) is 13.5. The molecule has 0 saturated heterocycles. The zero-order valence-electron chi connectivity index (χ0n) is 11.1. The Morgan fingerprint density at radius 2 is 2.05 bits per heavy atom. The molecule has 1 N–H and O–H groups in total. The normalized spacial score (nSPS) is 11.8. The molecule has 0 unspecified atom stereocenters. The second-order valence-corrected chi connectivity index (χ2v) is 6.76. The van der Waals surface area contributed by atoms with Gasteiger partial charge in [-0.3, -0.25) is 0 Å². The maximum atomic E-state index is 12.1. The Balaban J connectivity index is 2.79. The first-order chi connectivity index (χ1) is 8.86. The quantitative estimate of drug-likeness (QED) is 0.764. The third-order valence-corrected chi connectivity index (χ3v) is 4.24. The summed E-state index contributed by atoms with van der Waals surface area (Å²) in [4.78, 5) is 0.105. The van der Waals surface area contributed by atoms with E-state index in [0.29, 0.717) is 16.8 Å². The molecule has 0 heterocycles. The van der Waals surface area contributed by atoms with Crippen molar-refractivity contribution < 1.29 is 17.9 Å². The van der Waals surface area contributed by atoms with Gasteiger partial charge in [-0.15, -0.1) is 0 Å². The van der Waals surface area contributed by atoms with Gasteiger partial charge in [0, 0.05) is 11.0 Å². The van der Waals surface area contributed by atoms with Gasteiger partial charge in [0.25, 0.3) is 0 Å². The Kier molecular flexibility index (Phi) is 6.25. The van der Waals surface area contributed by atoms with Crippen LogP contribution < -0.4 is 9.46 Å². The van der Waals surface area contributed by atoms with Gasteiger partial charge in [-0.1, -0.05) is 15.9 Å². The molecule has 0 saturated carbocycles. The van der Waals surface area contributed by atoms with Crippen molar-refractivity contribution in [3.05, 3.63) is 22.7 Å². The summed E-state index contributed by atoms with van der Waals surface area (Å²) < 4.78 is 37.8. The summed E-state index contributed by atoms with van der Waals surface area (Å²) in [5.74, 6) is 0.306. The first-order valence-electron chi connectivity index (χ1n) is 5.81. The van der Waals surface area contributed by atoms with Crippen LogP contribution in [0.1, 0.15) is 13.8 Å². The van der Waals surface area contributed by atoms with Crippen molar-refractivity contribution >= 4 is 26.0 Å². The Hall–Kier alpha value is -0.630. The number of hydrogen-bond donors (Lipinski definition) is 1.